The first-order chi connectivity index (χ1) is 12.1. The number of carbonyl (C=O) groups is 1. The highest BCUT2D eigenvalue weighted by molar-refractivity contribution is 5.86. The predicted octanol–water partition coefficient (Wildman–Crippen LogP) is 2.40. The SMILES string of the molecule is CC(C)[C@H]1CN(c2ccncc2)C[C@@H]1NC(=O)C1(C#N)CCOCC1.Cl. The van der Waals surface area contributed by atoms with Crippen LogP contribution in [-0.2, 0) is 9.53 Å². The van der Waals surface area contributed by atoms with Gasteiger partial charge in [0.1, 0.15) is 5.41 Å². The van der Waals surface area contributed by atoms with Gasteiger partial charge in [-0.15, -0.1) is 12.4 Å². The molecule has 1 aromatic rings. The van der Waals surface area contributed by atoms with Crippen molar-refractivity contribution < 1.29 is 9.53 Å². The molecular weight excluding hydrogens is 352 g/mol. The average Bonchev–Trinajstić information content (AvgIpc) is 3.07. The predicted molar refractivity (Wildman–Crippen MR) is 102 cm³/mol. The molecule has 3 rings (SSSR count). The van der Waals surface area contributed by atoms with E-state index >= 15 is 0 Å². The highest BCUT2D eigenvalue weighted by Crippen LogP contribution is 2.33. The van der Waals surface area contributed by atoms with Crippen molar-refractivity contribution in [2.24, 2.45) is 17.3 Å². The van der Waals surface area contributed by atoms with Crippen molar-refractivity contribution >= 4 is 24.0 Å². The third-order valence-corrected chi connectivity index (χ3v) is 5.56. The Morgan fingerprint density at radius 1 is 1.35 bits per heavy atom. The van der Waals surface area contributed by atoms with Crippen LogP contribution in [0.2, 0.25) is 0 Å². The van der Waals surface area contributed by atoms with Crippen molar-refractivity contribution in [3.8, 4) is 6.07 Å². The molecule has 0 saturated carbocycles. The van der Waals surface area contributed by atoms with Gasteiger partial charge in [0.2, 0.25) is 5.91 Å². The maximum absolute atomic E-state index is 12.9. The third kappa shape index (κ3) is 4.11. The molecule has 26 heavy (non-hydrogen) atoms. The summed E-state index contributed by atoms with van der Waals surface area (Å²) in [5.41, 5.74) is 0.183. The quantitative estimate of drug-likeness (QED) is 0.870. The first kappa shape index (κ1) is 20.5. The summed E-state index contributed by atoms with van der Waals surface area (Å²) in [5.74, 6) is 0.670. The van der Waals surface area contributed by atoms with Gasteiger partial charge in [-0.3, -0.25) is 9.78 Å². The Labute approximate surface area is 161 Å². The molecule has 3 heterocycles. The van der Waals surface area contributed by atoms with Gasteiger partial charge in [0.25, 0.3) is 0 Å². The lowest BCUT2D eigenvalue weighted by Gasteiger charge is -2.32. The van der Waals surface area contributed by atoms with Gasteiger partial charge in [0.15, 0.2) is 0 Å². The largest absolute Gasteiger partial charge is 0.381 e. The van der Waals surface area contributed by atoms with E-state index < -0.39 is 5.41 Å². The minimum Gasteiger partial charge on any atom is -0.381 e. The molecule has 2 aliphatic heterocycles. The van der Waals surface area contributed by atoms with Crippen LogP contribution >= 0.6 is 12.4 Å². The number of nitrogens with zero attached hydrogens (tertiary/aromatic N) is 3. The number of pyridine rings is 1. The summed E-state index contributed by atoms with van der Waals surface area (Å²) < 4.78 is 5.34. The van der Waals surface area contributed by atoms with E-state index in [-0.39, 0.29) is 24.4 Å². The summed E-state index contributed by atoms with van der Waals surface area (Å²) in [6.07, 6.45) is 4.53. The van der Waals surface area contributed by atoms with Crippen molar-refractivity contribution in [3.63, 3.8) is 0 Å². The second-order valence-electron chi connectivity index (χ2n) is 7.40. The molecule has 0 radical (unpaired) electrons. The fraction of sp³-hybridized carbons (Fsp3) is 0.632. The molecule has 0 aliphatic carbocycles. The van der Waals surface area contributed by atoms with Crippen LogP contribution < -0.4 is 10.2 Å². The van der Waals surface area contributed by atoms with E-state index in [9.17, 15) is 10.1 Å². The third-order valence-electron chi connectivity index (χ3n) is 5.56. The van der Waals surface area contributed by atoms with Crippen LogP contribution in [0.15, 0.2) is 24.5 Å². The first-order valence-electron chi connectivity index (χ1n) is 9.01. The average molecular weight is 379 g/mol. The Hall–Kier alpha value is -1.84. The Bertz CT molecular complexity index is 641. The Morgan fingerprint density at radius 3 is 2.58 bits per heavy atom. The van der Waals surface area contributed by atoms with Gasteiger partial charge in [-0.25, -0.2) is 0 Å². The number of nitrogens with one attached hydrogen (secondary N) is 1. The molecule has 1 aromatic heterocycles. The van der Waals surface area contributed by atoms with Crippen molar-refractivity contribution in [2.75, 3.05) is 31.2 Å². The standard InChI is InChI=1S/C19H26N4O2.ClH/c1-14(2)16-11-23(15-3-7-21-8-4-15)12-17(16)22-18(24)19(13-20)5-9-25-10-6-19;/h3-4,7-8,14,16-17H,5-6,9-12H2,1-2H3,(H,22,24);1H/t16-,17+;/m1./s1. The molecule has 0 unspecified atom stereocenters. The molecule has 1 amide bonds. The molecule has 0 spiro atoms. The van der Waals surface area contributed by atoms with Gasteiger partial charge >= 0.3 is 0 Å². The minimum atomic E-state index is -0.941. The normalized spacial score (nSPS) is 24.6. The van der Waals surface area contributed by atoms with Crippen LogP contribution in [-0.4, -0.2) is 43.2 Å². The molecule has 2 aliphatic rings. The molecular formula is C19H27ClN4O2. The van der Waals surface area contributed by atoms with Crippen molar-refractivity contribution in [2.45, 2.75) is 32.7 Å². The Morgan fingerprint density at radius 2 is 2.00 bits per heavy atom. The van der Waals surface area contributed by atoms with Gasteiger partial charge < -0.3 is 15.0 Å². The Balaban J connectivity index is 0.00000243. The monoisotopic (exact) mass is 378 g/mol. The summed E-state index contributed by atoms with van der Waals surface area (Å²) in [4.78, 5) is 19.3. The van der Waals surface area contributed by atoms with Gasteiger partial charge in [-0.05, 0) is 30.9 Å². The van der Waals surface area contributed by atoms with Crippen LogP contribution in [0.1, 0.15) is 26.7 Å². The lowest BCUT2D eigenvalue weighted by molar-refractivity contribution is -0.133. The zero-order valence-corrected chi connectivity index (χ0v) is 16.2. The molecule has 0 bridgehead atoms. The number of ether oxygens (including phenoxy) is 1. The second kappa shape index (κ2) is 8.70. The first-order valence-corrected chi connectivity index (χ1v) is 9.01. The number of anilines is 1. The van der Waals surface area contributed by atoms with E-state index in [1.54, 1.807) is 12.4 Å². The van der Waals surface area contributed by atoms with E-state index in [4.69, 9.17) is 4.74 Å². The van der Waals surface area contributed by atoms with Crippen LogP contribution in [0.25, 0.3) is 0 Å². The van der Waals surface area contributed by atoms with Gasteiger partial charge in [0, 0.05) is 50.3 Å². The number of amides is 1. The molecule has 0 aromatic carbocycles. The summed E-state index contributed by atoms with van der Waals surface area (Å²) in [5, 5.41) is 12.8. The molecule has 2 fully saturated rings. The van der Waals surface area contributed by atoms with E-state index in [0.29, 0.717) is 37.9 Å². The van der Waals surface area contributed by atoms with Crippen LogP contribution in [0.4, 0.5) is 5.69 Å². The number of carbonyl (C=O) groups excluding carboxylic acids is 1. The van der Waals surface area contributed by atoms with Crippen molar-refractivity contribution in [1.29, 1.82) is 5.26 Å². The highest BCUT2D eigenvalue weighted by Gasteiger charge is 2.44. The molecule has 6 nitrogen and oxygen atoms in total. The maximum Gasteiger partial charge on any atom is 0.240 e. The second-order valence-corrected chi connectivity index (χ2v) is 7.40. The number of rotatable bonds is 4. The lowest BCUT2D eigenvalue weighted by atomic mass is 9.80. The van der Waals surface area contributed by atoms with Gasteiger partial charge in [-0.1, -0.05) is 13.8 Å². The maximum atomic E-state index is 12.9. The van der Waals surface area contributed by atoms with Crippen molar-refractivity contribution in [1.82, 2.24) is 10.3 Å². The zero-order chi connectivity index (χ0) is 17.9. The molecule has 2 atom stereocenters. The van der Waals surface area contributed by atoms with E-state index in [1.165, 1.54) is 0 Å². The number of halogens is 1. The van der Waals surface area contributed by atoms with Crippen LogP contribution in [0.3, 0.4) is 0 Å². The van der Waals surface area contributed by atoms with Gasteiger partial charge in [0.05, 0.1) is 12.1 Å². The number of hydrogen-bond donors (Lipinski definition) is 1. The number of hydrogen-bond acceptors (Lipinski definition) is 5. The number of aromatic nitrogens is 1. The van der Waals surface area contributed by atoms with Gasteiger partial charge in [-0.2, -0.15) is 5.26 Å². The van der Waals surface area contributed by atoms with Crippen molar-refractivity contribution in [3.05, 3.63) is 24.5 Å². The van der Waals surface area contributed by atoms with E-state index in [1.807, 2.05) is 12.1 Å². The minimum absolute atomic E-state index is 0. The summed E-state index contributed by atoms with van der Waals surface area (Å²) >= 11 is 0. The summed E-state index contributed by atoms with van der Waals surface area (Å²) in [6, 6.07) is 6.31. The van der Waals surface area contributed by atoms with Crippen LogP contribution in [0.5, 0.6) is 0 Å². The fourth-order valence-corrected chi connectivity index (χ4v) is 3.84. The Kier molecular flexibility index (Phi) is 6.85. The molecule has 1 N–H and O–H groups in total. The molecule has 142 valence electrons. The van der Waals surface area contributed by atoms with E-state index in [0.717, 1.165) is 18.8 Å². The summed E-state index contributed by atoms with van der Waals surface area (Å²) in [6.45, 7) is 6.99. The van der Waals surface area contributed by atoms with E-state index in [2.05, 4.69) is 35.1 Å². The smallest absolute Gasteiger partial charge is 0.240 e. The lowest BCUT2D eigenvalue weighted by Crippen LogP contribution is -2.50. The zero-order valence-electron chi connectivity index (χ0n) is 15.4. The number of nitriles is 1. The molecule has 7 heteroatoms. The highest BCUT2D eigenvalue weighted by atomic mass is 35.5. The van der Waals surface area contributed by atoms with Crippen LogP contribution in [0, 0.1) is 28.6 Å². The fourth-order valence-electron chi connectivity index (χ4n) is 3.84. The summed E-state index contributed by atoms with van der Waals surface area (Å²) in [7, 11) is 0. The molecule has 2 saturated heterocycles. The topological polar surface area (TPSA) is 78.3 Å².